The quantitative estimate of drug-likeness (QED) is 0.802. The van der Waals surface area contributed by atoms with E-state index < -0.39 is 5.97 Å². The highest BCUT2D eigenvalue weighted by Crippen LogP contribution is 2.23. The monoisotopic (exact) mass is 222 g/mol. The van der Waals surface area contributed by atoms with E-state index in [0.29, 0.717) is 21.9 Å². The van der Waals surface area contributed by atoms with Gasteiger partial charge < -0.3 is 5.11 Å². The van der Waals surface area contributed by atoms with Crippen LogP contribution < -0.4 is 0 Å². The number of benzene rings is 2. The summed E-state index contributed by atoms with van der Waals surface area (Å²) in [6.07, 6.45) is 0. The van der Waals surface area contributed by atoms with E-state index >= 15 is 0 Å². The van der Waals surface area contributed by atoms with Gasteiger partial charge in [0.25, 0.3) is 0 Å². The van der Waals surface area contributed by atoms with Gasteiger partial charge in [0, 0.05) is 5.39 Å². The van der Waals surface area contributed by atoms with Crippen LogP contribution in [-0.4, -0.2) is 11.1 Å². The van der Waals surface area contributed by atoms with Gasteiger partial charge in [-0.1, -0.05) is 6.07 Å². The SMILES string of the molecule is N#Cc1ccc2c(C#N)ccc(C(=O)O)c2c1. The van der Waals surface area contributed by atoms with E-state index in [-0.39, 0.29) is 5.56 Å². The van der Waals surface area contributed by atoms with Gasteiger partial charge in [0.1, 0.15) is 0 Å². The molecule has 0 aliphatic carbocycles. The fraction of sp³-hybridized carbons (Fsp3) is 0. The third-order valence-electron chi connectivity index (χ3n) is 2.50. The maximum Gasteiger partial charge on any atom is 0.336 e. The van der Waals surface area contributed by atoms with Crippen LogP contribution >= 0.6 is 0 Å². The number of aromatic carboxylic acids is 1. The molecule has 0 aliphatic heterocycles. The molecule has 2 aromatic rings. The van der Waals surface area contributed by atoms with E-state index in [2.05, 4.69) is 0 Å². The van der Waals surface area contributed by atoms with Crippen molar-refractivity contribution in [1.82, 2.24) is 0 Å². The summed E-state index contributed by atoms with van der Waals surface area (Å²) in [5.41, 5.74) is 0.862. The van der Waals surface area contributed by atoms with Gasteiger partial charge >= 0.3 is 5.97 Å². The van der Waals surface area contributed by atoms with Crippen molar-refractivity contribution in [2.24, 2.45) is 0 Å². The highest BCUT2D eigenvalue weighted by Gasteiger charge is 2.11. The number of hydrogen-bond donors (Lipinski definition) is 1. The first-order chi connectivity index (χ1) is 8.17. The Morgan fingerprint density at radius 2 is 1.82 bits per heavy atom. The maximum absolute atomic E-state index is 11.0. The zero-order valence-electron chi connectivity index (χ0n) is 8.64. The van der Waals surface area contributed by atoms with Gasteiger partial charge in [-0.2, -0.15) is 10.5 Å². The van der Waals surface area contributed by atoms with Crippen molar-refractivity contribution in [2.45, 2.75) is 0 Å². The number of carboxylic acids is 1. The summed E-state index contributed by atoms with van der Waals surface area (Å²) >= 11 is 0. The van der Waals surface area contributed by atoms with Crippen LogP contribution in [0.15, 0.2) is 30.3 Å². The Bertz CT molecular complexity index is 706. The second-order valence-electron chi connectivity index (χ2n) is 3.45. The van der Waals surface area contributed by atoms with E-state index in [4.69, 9.17) is 15.6 Å². The van der Waals surface area contributed by atoms with Gasteiger partial charge in [-0.05, 0) is 29.7 Å². The van der Waals surface area contributed by atoms with Crippen LogP contribution in [0.1, 0.15) is 21.5 Å². The molecule has 0 saturated carbocycles. The predicted molar refractivity (Wildman–Crippen MR) is 60.3 cm³/mol. The molecular formula is C13H6N2O2. The molecule has 0 radical (unpaired) electrons. The van der Waals surface area contributed by atoms with E-state index in [9.17, 15) is 4.79 Å². The van der Waals surface area contributed by atoms with Crippen molar-refractivity contribution in [2.75, 3.05) is 0 Å². The molecule has 0 amide bonds. The molecule has 0 fully saturated rings. The van der Waals surface area contributed by atoms with Crippen molar-refractivity contribution >= 4 is 16.7 Å². The molecule has 2 aromatic carbocycles. The summed E-state index contributed by atoms with van der Waals surface area (Å²) < 4.78 is 0. The van der Waals surface area contributed by atoms with Crippen molar-refractivity contribution in [3.05, 3.63) is 47.0 Å². The Morgan fingerprint density at radius 3 is 2.41 bits per heavy atom. The lowest BCUT2D eigenvalue weighted by atomic mass is 9.98. The zero-order chi connectivity index (χ0) is 12.4. The van der Waals surface area contributed by atoms with E-state index in [0.717, 1.165) is 0 Å². The Balaban J connectivity index is 2.93. The molecule has 0 aromatic heterocycles. The van der Waals surface area contributed by atoms with Crippen LogP contribution in [0.3, 0.4) is 0 Å². The first-order valence-electron chi connectivity index (χ1n) is 4.77. The standard InChI is InChI=1S/C13H6N2O2/c14-6-8-1-3-10-9(7-15)2-4-11(13(16)17)12(10)5-8/h1-5H,(H,16,17). The molecule has 0 unspecified atom stereocenters. The largest absolute Gasteiger partial charge is 0.478 e. The number of fused-ring (bicyclic) bond motifs is 1. The third-order valence-corrected chi connectivity index (χ3v) is 2.50. The molecular weight excluding hydrogens is 216 g/mol. The van der Waals surface area contributed by atoms with Crippen molar-refractivity contribution in [1.29, 1.82) is 10.5 Å². The van der Waals surface area contributed by atoms with Crippen LogP contribution in [-0.2, 0) is 0 Å². The number of carbonyl (C=O) groups is 1. The lowest BCUT2D eigenvalue weighted by Gasteiger charge is -2.04. The lowest BCUT2D eigenvalue weighted by Crippen LogP contribution is -1.98. The molecule has 0 aliphatic rings. The predicted octanol–water partition coefficient (Wildman–Crippen LogP) is 2.28. The van der Waals surface area contributed by atoms with Gasteiger partial charge in [-0.25, -0.2) is 4.79 Å². The summed E-state index contributed by atoms with van der Waals surface area (Å²) in [4.78, 5) is 11.0. The van der Waals surface area contributed by atoms with Crippen molar-refractivity contribution in [3.63, 3.8) is 0 Å². The Morgan fingerprint density at radius 1 is 1.06 bits per heavy atom. The molecule has 80 valence electrons. The minimum atomic E-state index is -1.07. The van der Waals surface area contributed by atoms with Crippen molar-refractivity contribution in [3.8, 4) is 12.1 Å². The normalized spacial score (nSPS) is 9.53. The van der Waals surface area contributed by atoms with Crippen LogP contribution in [0.2, 0.25) is 0 Å². The summed E-state index contributed by atoms with van der Waals surface area (Å²) in [6.45, 7) is 0. The molecule has 4 nitrogen and oxygen atoms in total. The van der Waals surface area contributed by atoms with E-state index in [1.807, 2.05) is 12.1 Å². The summed E-state index contributed by atoms with van der Waals surface area (Å²) in [6, 6.07) is 11.4. The van der Waals surface area contributed by atoms with Gasteiger partial charge in [0.05, 0.1) is 28.8 Å². The molecule has 17 heavy (non-hydrogen) atoms. The molecule has 0 spiro atoms. The minimum Gasteiger partial charge on any atom is -0.478 e. The maximum atomic E-state index is 11.0. The summed E-state index contributed by atoms with van der Waals surface area (Å²) in [5, 5.41) is 27.7. The number of rotatable bonds is 1. The first kappa shape index (κ1) is 10.7. The van der Waals surface area contributed by atoms with Gasteiger partial charge in [-0.3, -0.25) is 0 Å². The fourth-order valence-electron chi connectivity index (χ4n) is 1.70. The van der Waals surface area contributed by atoms with Crippen LogP contribution in [0.4, 0.5) is 0 Å². The Hall–Kier alpha value is -2.85. The topological polar surface area (TPSA) is 84.9 Å². The fourth-order valence-corrected chi connectivity index (χ4v) is 1.70. The molecule has 0 heterocycles. The molecule has 0 atom stereocenters. The number of hydrogen-bond acceptors (Lipinski definition) is 3. The van der Waals surface area contributed by atoms with Crippen LogP contribution in [0.5, 0.6) is 0 Å². The second-order valence-corrected chi connectivity index (χ2v) is 3.45. The van der Waals surface area contributed by atoms with Gasteiger partial charge in [0.15, 0.2) is 0 Å². The van der Waals surface area contributed by atoms with Crippen LogP contribution in [0.25, 0.3) is 10.8 Å². The molecule has 2 rings (SSSR count). The Labute approximate surface area is 96.9 Å². The molecule has 1 N–H and O–H groups in total. The first-order valence-corrected chi connectivity index (χ1v) is 4.77. The highest BCUT2D eigenvalue weighted by molar-refractivity contribution is 6.05. The second kappa shape index (κ2) is 3.96. The lowest BCUT2D eigenvalue weighted by molar-refractivity contribution is 0.0699. The molecule has 0 saturated heterocycles. The smallest absolute Gasteiger partial charge is 0.336 e. The van der Waals surface area contributed by atoms with Gasteiger partial charge in [0.2, 0.25) is 0 Å². The Kier molecular flexibility index (Phi) is 2.48. The summed E-state index contributed by atoms with van der Waals surface area (Å²) in [5.74, 6) is -1.07. The van der Waals surface area contributed by atoms with E-state index in [1.165, 1.54) is 18.2 Å². The summed E-state index contributed by atoms with van der Waals surface area (Å²) in [7, 11) is 0. The van der Waals surface area contributed by atoms with E-state index in [1.54, 1.807) is 12.1 Å². The van der Waals surface area contributed by atoms with Gasteiger partial charge in [-0.15, -0.1) is 0 Å². The van der Waals surface area contributed by atoms with Crippen molar-refractivity contribution < 1.29 is 9.90 Å². The highest BCUT2D eigenvalue weighted by atomic mass is 16.4. The average Bonchev–Trinajstić information content (AvgIpc) is 2.36. The average molecular weight is 222 g/mol. The molecule has 0 bridgehead atoms. The molecule has 4 heteroatoms. The zero-order valence-corrected chi connectivity index (χ0v) is 8.64. The number of nitrogens with zero attached hydrogens (tertiary/aromatic N) is 2. The third kappa shape index (κ3) is 1.68. The minimum absolute atomic E-state index is 0.0936. The number of nitriles is 2. The number of carboxylic acid groups (broad SMARTS) is 1. The van der Waals surface area contributed by atoms with Crippen LogP contribution in [0, 0.1) is 22.7 Å².